The Bertz CT molecular complexity index is 1040. The van der Waals surface area contributed by atoms with Crippen LogP contribution in [0.15, 0.2) is 65.1 Å². The van der Waals surface area contributed by atoms with Crippen molar-refractivity contribution in [3.8, 4) is 28.1 Å². The van der Waals surface area contributed by atoms with E-state index >= 15 is 0 Å². The van der Waals surface area contributed by atoms with Gasteiger partial charge in [-0.3, -0.25) is 0 Å². The van der Waals surface area contributed by atoms with Crippen molar-refractivity contribution in [1.29, 1.82) is 0 Å². The Kier molecular flexibility index (Phi) is 6.48. The molecule has 1 N–H and O–H groups in total. The van der Waals surface area contributed by atoms with Crippen LogP contribution in [0.1, 0.15) is 42.6 Å². The highest BCUT2D eigenvalue weighted by Crippen LogP contribution is 2.39. The molecular formula is C25H24BrNO3. The van der Waals surface area contributed by atoms with E-state index in [9.17, 15) is 9.90 Å². The van der Waals surface area contributed by atoms with Gasteiger partial charge in [0.2, 0.25) is 0 Å². The zero-order valence-electron chi connectivity index (χ0n) is 16.7. The predicted molar refractivity (Wildman–Crippen MR) is 122 cm³/mol. The normalized spacial score (nSPS) is 14.4. The lowest BCUT2D eigenvalue weighted by Gasteiger charge is -2.23. The van der Waals surface area contributed by atoms with Gasteiger partial charge in [0, 0.05) is 15.6 Å². The van der Waals surface area contributed by atoms with E-state index < -0.39 is 5.97 Å². The Morgan fingerprint density at radius 3 is 2.50 bits per heavy atom. The number of aromatic carboxylic acids is 1. The second-order valence-corrected chi connectivity index (χ2v) is 8.63. The van der Waals surface area contributed by atoms with Crippen LogP contribution in [0.3, 0.4) is 0 Å². The first-order chi connectivity index (χ1) is 14.6. The number of hydrogen-bond acceptors (Lipinski definition) is 3. The first-order valence-electron chi connectivity index (χ1n) is 10.3. The third-order valence-electron chi connectivity index (χ3n) is 5.60. The van der Waals surface area contributed by atoms with Crippen LogP contribution in [0.4, 0.5) is 0 Å². The Balaban J connectivity index is 1.71. The zero-order chi connectivity index (χ0) is 20.9. The van der Waals surface area contributed by atoms with Gasteiger partial charge >= 0.3 is 5.97 Å². The van der Waals surface area contributed by atoms with E-state index in [0.29, 0.717) is 11.6 Å². The van der Waals surface area contributed by atoms with Crippen molar-refractivity contribution in [3.05, 3.63) is 70.8 Å². The van der Waals surface area contributed by atoms with E-state index in [2.05, 4.69) is 27.0 Å². The summed E-state index contributed by atoms with van der Waals surface area (Å²) in [6.45, 7) is 0.726. The van der Waals surface area contributed by atoms with Gasteiger partial charge in [-0.2, -0.15) is 0 Å². The van der Waals surface area contributed by atoms with E-state index in [1.807, 2.05) is 42.5 Å². The third kappa shape index (κ3) is 4.73. The fourth-order valence-electron chi connectivity index (χ4n) is 4.05. The molecule has 2 aromatic carbocycles. The molecule has 5 heteroatoms. The Morgan fingerprint density at radius 2 is 1.73 bits per heavy atom. The van der Waals surface area contributed by atoms with Crippen LogP contribution >= 0.6 is 15.9 Å². The summed E-state index contributed by atoms with van der Waals surface area (Å²) in [4.78, 5) is 15.7. The van der Waals surface area contributed by atoms with Crippen LogP contribution in [0.2, 0.25) is 0 Å². The summed E-state index contributed by atoms with van der Waals surface area (Å²) in [7, 11) is 0. The van der Waals surface area contributed by atoms with Crippen LogP contribution in [0.5, 0.6) is 5.75 Å². The van der Waals surface area contributed by atoms with Gasteiger partial charge in [-0.15, -0.1) is 0 Å². The van der Waals surface area contributed by atoms with Gasteiger partial charge in [0.1, 0.15) is 11.4 Å². The van der Waals surface area contributed by atoms with Crippen LogP contribution in [-0.2, 0) is 0 Å². The molecule has 1 heterocycles. The fraction of sp³-hybridized carbons (Fsp3) is 0.280. The molecule has 1 saturated carbocycles. The number of rotatable bonds is 6. The SMILES string of the molecule is O=C(O)c1cccc(-c2ccccc2-c2cc(Br)ccc2OCC2CCCCC2)n1. The van der Waals surface area contributed by atoms with Crippen molar-refractivity contribution in [3.63, 3.8) is 0 Å². The molecule has 0 saturated heterocycles. The lowest BCUT2D eigenvalue weighted by atomic mass is 9.90. The monoisotopic (exact) mass is 465 g/mol. The second kappa shape index (κ2) is 9.43. The largest absolute Gasteiger partial charge is 0.493 e. The maximum atomic E-state index is 11.4. The second-order valence-electron chi connectivity index (χ2n) is 7.71. The van der Waals surface area contributed by atoms with Crippen molar-refractivity contribution in [2.45, 2.75) is 32.1 Å². The molecule has 0 spiro atoms. The number of aromatic nitrogens is 1. The summed E-state index contributed by atoms with van der Waals surface area (Å²) >= 11 is 3.58. The van der Waals surface area contributed by atoms with Gasteiger partial charge in [-0.1, -0.05) is 65.5 Å². The van der Waals surface area contributed by atoms with Crippen molar-refractivity contribution >= 4 is 21.9 Å². The maximum Gasteiger partial charge on any atom is 0.354 e. The third-order valence-corrected chi connectivity index (χ3v) is 6.10. The van der Waals surface area contributed by atoms with Crippen LogP contribution < -0.4 is 4.74 Å². The summed E-state index contributed by atoms with van der Waals surface area (Å²) in [5, 5.41) is 9.33. The highest BCUT2D eigenvalue weighted by atomic mass is 79.9. The molecule has 1 aliphatic carbocycles. The van der Waals surface area contributed by atoms with E-state index in [0.717, 1.165) is 33.5 Å². The van der Waals surface area contributed by atoms with Gasteiger partial charge in [-0.05, 0) is 54.7 Å². The van der Waals surface area contributed by atoms with E-state index in [1.165, 1.54) is 38.2 Å². The minimum Gasteiger partial charge on any atom is -0.493 e. The number of hydrogen-bond donors (Lipinski definition) is 1. The van der Waals surface area contributed by atoms with E-state index in [4.69, 9.17) is 4.74 Å². The molecule has 1 aromatic heterocycles. The highest BCUT2D eigenvalue weighted by molar-refractivity contribution is 9.10. The first kappa shape index (κ1) is 20.6. The van der Waals surface area contributed by atoms with E-state index in [1.54, 1.807) is 6.07 Å². The Morgan fingerprint density at radius 1 is 0.967 bits per heavy atom. The molecule has 0 bridgehead atoms. The number of ether oxygens (including phenoxy) is 1. The molecule has 1 aliphatic rings. The summed E-state index contributed by atoms with van der Waals surface area (Å²) < 4.78 is 7.27. The van der Waals surface area contributed by atoms with Crippen molar-refractivity contribution in [2.75, 3.05) is 6.61 Å². The number of carboxylic acid groups (broad SMARTS) is 1. The number of carboxylic acids is 1. The smallest absolute Gasteiger partial charge is 0.354 e. The molecule has 4 rings (SSSR count). The standard InChI is InChI=1S/C25H24BrNO3/c26-18-13-14-24(30-16-17-7-2-1-3-8-17)21(15-18)19-9-4-5-10-20(19)22-11-6-12-23(27-22)25(28)29/h4-6,9-15,17H,1-3,7-8,16H2,(H,28,29). The molecule has 0 unspecified atom stereocenters. The van der Waals surface area contributed by atoms with Crippen molar-refractivity contribution < 1.29 is 14.6 Å². The van der Waals surface area contributed by atoms with Crippen LogP contribution in [-0.4, -0.2) is 22.7 Å². The number of halogens is 1. The first-order valence-corrected chi connectivity index (χ1v) is 11.1. The van der Waals surface area contributed by atoms with Crippen LogP contribution in [0, 0.1) is 5.92 Å². The fourth-order valence-corrected chi connectivity index (χ4v) is 4.41. The number of benzene rings is 2. The van der Waals surface area contributed by atoms with Gasteiger partial charge < -0.3 is 9.84 Å². The maximum absolute atomic E-state index is 11.4. The summed E-state index contributed by atoms with van der Waals surface area (Å²) in [5.74, 6) is 0.415. The zero-order valence-corrected chi connectivity index (χ0v) is 18.3. The van der Waals surface area contributed by atoms with Gasteiger partial charge in [-0.25, -0.2) is 9.78 Å². The van der Waals surface area contributed by atoms with Crippen molar-refractivity contribution in [2.24, 2.45) is 5.92 Å². The van der Waals surface area contributed by atoms with Crippen LogP contribution in [0.25, 0.3) is 22.4 Å². The number of carbonyl (C=O) groups is 1. The molecule has 4 nitrogen and oxygen atoms in total. The molecule has 30 heavy (non-hydrogen) atoms. The lowest BCUT2D eigenvalue weighted by Crippen LogP contribution is -2.15. The molecule has 0 atom stereocenters. The molecule has 0 aliphatic heterocycles. The predicted octanol–water partition coefficient (Wildman–Crippen LogP) is 6.84. The molecule has 3 aromatic rings. The Labute approximate surface area is 185 Å². The van der Waals surface area contributed by atoms with Gasteiger partial charge in [0.05, 0.1) is 12.3 Å². The molecular weight excluding hydrogens is 442 g/mol. The molecule has 154 valence electrons. The lowest BCUT2D eigenvalue weighted by molar-refractivity contribution is 0.0690. The highest BCUT2D eigenvalue weighted by Gasteiger charge is 2.18. The summed E-state index contributed by atoms with van der Waals surface area (Å²) in [6.07, 6.45) is 6.36. The average molecular weight is 466 g/mol. The minimum absolute atomic E-state index is 0.0327. The molecule has 0 amide bonds. The van der Waals surface area contributed by atoms with Gasteiger partial charge in [0.25, 0.3) is 0 Å². The average Bonchev–Trinajstić information content (AvgIpc) is 2.79. The molecule has 1 fully saturated rings. The van der Waals surface area contributed by atoms with Crippen molar-refractivity contribution in [1.82, 2.24) is 4.98 Å². The quantitative estimate of drug-likeness (QED) is 0.432. The Hall–Kier alpha value is -2.66. The van der Waals surface area contributed by atoms with E-state index in [-0.39, 0.29) is 5.69 Å². The number of nitrogens with zero attached hydrogens (tertiary/aromatic N) is 1. The number of pyridine rings is 1. The van der Waals surface area contributed by atoms with Gasteiger partial charge in [0.15, 0.2) is 0 Å². The molecule has 0 radical (unpaired) electrons. The summed E-state index contributed by atoms with van der Waals surface area (Å²) in [6, 6.07) is 19.0. The topological polar surface area (TPSA) is 59.4 Å². The minimum atomic E-state index is -1.03. The summed E-state index contributed by atoms with van der Waals surface area (Å²) in [5.41, 5.74) is 3.47.